The summed E-state index contributed by atoms with van der Waals surface area (Å²) in [5.74, 6) is -3.88. The van der Waals surface area contributed by atoms with Crippen LogP contribution in [0.25, 0.3) is 11.1 Å². The van der Waals surface area contributed by atoms with Crippen LogP contribution < -0.4 is 0 Å². The second-order valence-electron chi connectivity index (χ2n) is 4.11. The monoisotopic (exact) mass is 266 g/mol. The minimum absolute atomic E-state index is 0.164. The highest BCUT2D eigenvalue weighted by atomic mass is 19.1. The third-order valence-corrected chi connectivity index (χ3v) is 2.72. The van der Waals surface area contributed by atoms with E-state index in [1.807, 2.05) is 0 Å². The normalized spacial score (nSPS) is 10.5. The molecule has 0 bridgehead atoms. The maximum atomic E-state index is 13.4. The van der Waals surface area contributed by atoms with Gasteiger partial charge in [0.25, 0.3) is 0 Å². The molecule has 1 N–H and O–H groups in total. The number of aromatic carboxylic acids is 1. The van der Waals surface area contributed by atoms with Crippen molar-refractivity contribution >= 4 is 5.97 Å². The van der Waals surface area contributed by atoms with Crippen LogP contribution in [0.3, 0.4) is 0 Å². The third-order valence-electron chi connectivity index (χ3n) is 2.72. The molecule has 0 unspecified atom stereocenters. The van der Waals surface area contributed by atoms with Gasteiger partial charge in [-0.2, -0.15) is 0 Å². The van der Waals surface area contributed by atoms with Crippen molar-refractivity contribution < 1.29 is 23.1 Å². The number of rotatable bonds is 2. The molecule has 0 heterocycles. The Hall–Kier alpha value is -2.30. The van der Waals surface area contributed by atoms with Crippen molar-refractivity contribution in [3.8, 4) is 11.1 Å². The minimum atomic E-state index is -1.43. The first-order chi connectivity index (χ1) is 8.88. The highest BCUT2D eigenvalue weighted by Crippen LogP contribution is 2.27. The van der Waals surface area contributed by atoms with E-state index in [4.69, 9.17) is 5.11 Å². The van der Waals surface area contributed by atoms with Crippen molar-refractivity contribution in [2.45, 2.75) is 6.92 Å². The van der Waals surface area contributed by atoms with E-state index in [1.54, 1.807) is 0 Å². The average Bonchev–Trinajstić information content (AvgIpc) is 2.26. The molecule has 2 aromatic carbocycles. The molecular weight excluding hydrogens is 257 g/mol. The van der Waals surface area contributed by atoms with Crippen molar-refractivity contribution in [3.05, 3.63) is 58.9 Å². The van der Waals surface area contributed by atoms with Crippen LogP contribution >= 0.6 is 0 Å². The van der Waals surface area contributed by atoms with E-state index in [-0.39, 0.29) is 11.1 Å². The molecule has 0 spiro atoms. The summed E-state index contributed by atoms with van der Waals surface area (Å²) in [7, 11) is 0. The number of carboxylic acids is 1. The van der Waals surface area contributed by atoms with E-state index in [0.717, 1.165) is 24.3 Å². The molecule has 0 atom stereocenters. The van der Waals surface area contributed by atoms with Gasteiger partial charge in [0.05, 0.1) is 5.56 Å². The van der Waals surface area contributed by atoms with Crippen LogP contribution in [0, 0.1) is 24.4 Å². The summed E-state index contributed by atoms with van der Waals surface area (Å²) >= 11 is 0. The summed E-state index contributed by atoms with van der Waals surface area (Å²) in [6.45, 7) is 1.53. The standard InChI is InChI=1S/C14H9F3O2/c1-7-2-13(17)12(14(18)19)6-11(7)8-3-9(15)5-10(16)4-8/h2-6H,1H3,(H,18,19). The van der Waals surface area contributed by atoms with Gasteiger partial charge in [-0.05, 0) is 47.9 Å². The van der Waals surface area contributed by atoms with Crippen molar-refractivity contribution in [2.24, 2.45) is 0 Å². The first-order valence-corrected chi connectivity index (χ1v) is 5.38. The highest BCUT2D eigenvalue weighted by molar-refractivity contribution is 5.90. The second-order valence-corrected chi connectivity index (χ2v) is 4.11. The Morgan fingerprint density at radius 3 is 2.11 bits per heavy atom. The van der Waals surface area contributed by atoms with Gasteiger partial charge in [-0.1, -0.05) is 0 Å². The summed E-state index contributed by atoms with van der Waals surface area (Å²) in [6.07, 6.45) is 0. The maximum absolute atomic E-state index is 13.4. The molecule has 0 saturated carbocycles. The molecule has 0 radical (unpaired) electrons. The molecule has 19 heavy (non-hydrogen) atoms. The van der Waals surface area contributed by atoms with E-state index >= 15 is 0 Å². The SMILES string of the molecule is Cc1cc(F)c(C(=O)O)cc1-c1cc(F)cc(F)c1. The Balaban J connectivity index is 2.67. The Morgan fingerprint density at radius 2 is 1.58 bits per heavy atom. The molecule has 0 saturated heterocycles. The Kier molecular flexibility index (Phi) is 3.29. The van der Waals surface area contributed by atoms with Gasteiger partial charge in [-0.15, -0.1) is 0 Å². The summed E-state index contributed by atoms with van der Waals surface area (Å²) < 4.78 is 39.7. The number of benzene rings is 2. The van der Waals surface area contributed by atoms with Crippen LogP contribution in [0.15, 0.2) is 30.3 Å². The second kappa shape index (κ2) is 4.76. The number of carboxylic acid groups (broad SMARTS) is 1. The molecular formula is C14H9F3O2. The number of carbonyl (C=O) groups is 1. The largest absolute Gasteiger partial charge is 0.478 e. The molecule has 0 fully saturated rings. The topological polar surface area (TPSA) is 37.3 Å². The van der Waals surface area contributed by atoms with Gasteiger partial charge in [-0.25, -0.2) is 18.0 Å². The molecule has 2 rings (SSSR count). The number of hydrogen-bond acceptors (Lipinski definition) is 1. The summed E-state index contributed by atoms with van der Waals surface area (Å²) in [5, 5.41) is 8.85. The van der Waals surface area contributed by atoms with Crippen molar-refractivity contribution in [1.29, 1.82) is 0 Å². The molecule has 5 heteroatoms. The smallest absolute Gasteiger partial charge is 0.338 e. The molecule has 0 aliphatic heterocycles. The van der Waals surface area contributed by atoms with E-state index in [2.05, 4.69) is 0 Å². The van der Waals surface area contributed by atoms with Crippen molar-refractivity contribution in [1.82, 2.24) is 0 Å². The van der Waals surface area contributed by atoms with Crippen molar-refractivity contribution in [3.63, 3.8) is 0 Å². The number of halogens is 3. The number of hydrogen-bond donors (Lipinski definition) is 1. The lowest BCUT2D eigenvalue weighted by molar-refractivity contribution is 0.0692. The van der Waals surface area contributed by atoms with Crippen LogP contribution in [-0.2, 0) is 0 Å². The lowest BCUT2D eigenvalue weighted by Gasteiger charge is -2.09. The molecule has 98 valence electrons. The van der Waals surface area contributed by atoms with Crippen LogP contribution in [0.2, 0.25) is 0 Å². The molecule has 0 aromatic heterocycles. The first-order valence-electron chi connectivity index (χ1n) is 5.38. The van der Waals surface area contributed by atoms with Crippen molar-refractivity contribution in [2.75, 3.05) is 0 Å². The molecule has 2 aromatic rings. The summed E-state index contributed by atoms with van der Waals surface area (Å²) in [4.78, 5) is 10.9. The summed E-state index contributed by atoms with van der Waals surface area (Å²) in [5.41, 5.74) is 0.299. The van der Waals surface area contributed by atoms with Crippen LogP contribution in [0.1, 0.15) is 15.9 Å². The lowest BCUT2D eigenvalue weighted by atomic mass is 9.97. The minimum Gasteiger partial charge on any atom is -0.478 e. The van der Waals surface area contributed by atoms with Crippen LogP contribution in [0.5, 0.6) is 0 Å². The predicted octanol–water partition coefficient (Wildman–Crippen LogP) is 3.78. The van der Waals surface area contributed by atoms with Gasteiger partial charge >= 0.3 is 5.97 Å². The maximum Gasteiger partial charge on any atom is 0.338 e. The van der Waals surface area contributed by atoms with E-state index in [9.17, 15) is 18.0 Å². The third kappa shape index (κ3) is 2.59. The first kappa shape index (κ1) is 13.1. The summed E-state index contributed by atoms with van der Waals surface area (Å²) in [6, 6.07) is 4.94. The molecule has 0 aliphatic carbocycles. The molecule has 0 aliphatic rings. The Bertz CT molecular complexity index is 646. The fourth-order valence-corrected chi connectivity index (χ4v) is 1.86. The van der Waals surface area contributed by atoms with Gasteiger partial charge in [0.1, 0.15) is 17.5 Å². The average molecular weight is 266 g/mol. The molecule has 0 amide bonds. The van der Waals surface area contributed by atoms with E-state index < -0.39 is 29.0 Å². The zero-order chi connectivity index (χ0) is 14.2. The van der Waals surface area contributed by atoms with Gasteiger partial charge in [0, 0.05) is 6.07 Å². The van der Waals surface area contributed by atoms with Gasteiger partial charge < -0.3 is 5.11 Å². The fraction of sp³-hybridized carbons (Fsp3) is 0.0714. The Morgan fingerprint density at radius 1 is 1.00 bits per heavy atom. The quantitative estimate of drug-likeness (QED) is 0.898. The predicted molar refractivity (Wildman–Crippen MR) is 63.4 cm³/mol. The van der Waals surface area contributed by atoms with Gasteiger partial charge in [-0.3, -0.25) is 0 Å². The molecule has 2 nitrogen and oxygen atoms in total. The number of aryl methyl sites for hydroxylation is 1. The zero-order valence-electron chi connectivity index (χ0n) is 9.88. The Labute approximate surface area is 107 Å². The van der Waals surface area contributed by atoms with Gasteiger partial charge in [0.2, 0.25) is 0 Å². The highest BCUT2D eigenvalue weighted by Gasteiger charge is 2.15. The van der Waals surface area contributed by atoms with Crippen LogP contribution in [-0.4, -0.2) is 11.1 Å². The van der Waals surface area contributed by atoms with E-state index in [0.29, 0.717) is 11.6 Å². The lowest BCUT2D eigenvalue weighted by Crippen LogP contribution is -2.02. The van der Waals surface area contributed by atoms with Crippen LogP contribution in [0.4, 0.5) is 13.2 Å². The zero-order valence-corrected chi connectivity index (χ0v) is 9.88. The van der Waals surface area contributed by atoms with E-state index in [1.165, 1.54) is 6.92 Å². The fourth-order valence-electron chi connectivity index (χ4n) is 1.86. The van der Waals surface area contributed by atoms with Gasteiger partial charge in [0.15, 0.2) is 0 Å².